The fourth-order valence-electron chi connectivity index (χ4n) is 2.70. The highest BCUT2D eigenvalue weighted by Gasteiger charge is 2.64. The molecule has 10 heteroatoms. The molecule has 0 unspecified atom stereocenters. The van der Waals surface area contributed by atoms with Gasteiger partial charge in [-0.1, -0.05) is 41.7 Å². The zero-order chi connectivity index (χ0) is 21.2. The van der Waals surface area contributed by atoms with E-state index in [1.807, 2.05) is 0 Å². The number of methoxy groups -OCH3 is 1. The number of aromatic nitrogens is 1. The number of carbonyl (C=O) groups excluding carboxylic acids is 2. The molecular formula is C19H16F3N3O3S. The number of nitrogens with one attached hydrogen (secondary N) is 2. The first-order valence-corrected chi connectivity index (χ1v) is 9.16. The number of ether oxygens (including phenoxy) is 1. The predicted octanol–water partition coefficient (Wildman–Crippen LogP) is 3.88. The van der Waals surface area contributed by atoms with Crippen molar-refractivity contribution in [2.75, 3.05) is 12.4 Å². The Hall–Kier alpha value is -3.14. The van der Waals surface area contributed by atoms with Crippen LogP contribution in [0, 0.1) is 6.92 Å². The number of nitrogens with zero attached hydrogens (tertiary/aromatic N) is 1. The molecule has 0 fully saturated rings. The van der Waals surface area contributed by atoms with Gasteiger partial charge < -0.3 is 15.4 Å². The lowest BCUT2D eigenvalue weighted by molar-refractivity contribution is -0.203. The third-order valence-corrected chi connectivity index (χ3v) is 5.15. The summed E-state index contributed by atoms with van der Waals surface area (Å²) in [6.07, 6.45) is -5.23. The van der Waals surface area contributed by atoms with Crippen molar-refractivity contribution in [1.29, 1.82) is 0 Å². The topological polar surface area (TPSA) is 80.3 Å². The van der Waals surface area contributed by atoms with Gasteiger partial charge >= 0.3 is 17.8 Å². The number of thiazole rings is 1. The van der Waals surface area contributed by atoms with E-state index in [4.69, 9.17) is 0 Å². The number of halogens is 3. The Morgan fingerprint density at radius 2 is 1.72 bits per heavy atom. The fourth-order valence-corrected chi connectivity index (χ4v) is 3.62. The number of alkyl halides is 3. The van der Waals surface area contributed by atoms with Gasteiger partial charge in [-0.2, -0.15) is 13.2 Å². The minimum atomic E-state index is -5.23. The van der Waals surface area contributed by atoms with Crippen LogP contribution in [-0.4, -0.2) is 35.8 Å². The van der Waals surface area contributed by atoms with Gasteiger partial charge in [0, 0.05) is 5.56 Å². The molecule has 29 heavy (non-hydrogen) atoms. The van der Waals surface area contributed by atoms with E-state index in [2.05, 4.69) is 15.0 Å². The molecule has 0 aliphatic carbocycles. The maximum Gasteiger partial charge on any atom is 0.442 e. The van der Waals surface area contributed by atoms with Gasteiger partial charge in [-0.05, 0) is 30.7 Å². The highest BCUT2D eigenvalue weighted by molar-refractivity contribution is 7.22. The number of carbonyl (C=O) groups is 2. The molecule has 0 aliphatic heterocycles. The number of amides is 1. The van der Waals surface area contributed by atoms with Crippen LogP contribution in [0.3, 0.4) is 0 Å². The van der Waals surface area contributed by atoms with E-state index in [-0.39, 0.29) is 10.7 Å². The summed E-state index contributed by atoms with van der Waals surface area (Å²) in [6, 6.07) is 12.8. The van der Waals surface area contributed by atoms with Crippen LogP contribution in [0.5, 0.6) is 0 Å². The first kappa shape index (κ1) is 20.6. The van der Waals surface area contributed by atoms with Crippen molar-refractivity contribution < 1.29 is 27.5 Å². The van der Waals surface area contributed by atoms with Crippen LogP contribution in [0.2, 0.25) is 0 Å². The molecule has 0 saturated carbocycles. The molecule has 0 radical (unpaired) electrons. The summed E-state index contributed by atoms with van der Waals surface area (Å²) in [5.41, 5.74) is -2.62. The summed E-state index contributed by atoms with van der Waals surface area (Å²) in [7, 11) is 0.808. The minimum Gasteiger partial charge on any atom is -0.466 e. The Labute approximate surface area is 167 Å². The second-order valence-electron chi connectivity index (χ2n) is 6.12. The molecule has 2 N–H and O–H groups in total. The van der Waals surface area contributed by atoms with E-state index >= 15 is 0 Å². The van der Waals surface area contributed by atoms with Crippen LogP contribution >= 0.6 is 11.3 Å². The highest BCUT2D eigenvalue weighted by Crippen LogP contribution is 2.36. The number of rotatable bonds is 5. The zero-order valence-electron chi connectivity index (χ0n) is 15.3. The first-order valence-electron chi connectivity index (χ1n) is 8.35. The summed E-state index contributed by atoms with van der Waals surface area (Å²) >= 11 is 0.913. The van der Waals surface area contributed by atoms with Crippen molar-refractivity contribution in [1.82, 2.24) is 10.3 Å². The van der Waals surface area contributed by atoms with Gasteiger partial charge in [0.15, 0.2) is 5.13 Å². The van der Waals surface area contributed by atoms with Gasteiger partial charge in [0.2, 0.25) is 0 Å². The van der Waals surface area contributed by atoms with Crippen molar-refractivity contribution in [3.63, 3.8) is 0 Å². The maximum atomic E-state index is 14.1. The highest BCUT2D eigenvalue weighted by atomic mass is 32.1. The standard InChI is InChI=1S/C19H16F3N3O3S/c1-11-7-3-4-8-12(11)15(26)24-18(16(27)28-2,19(20,21)22)25-17-23-13-9-5-6-10-14(13)29-17/h3-10H,1-2H3,(H,23,25)(H,24,26)/t18-/m1/s1. The van der Waals surface area contributed by atoms with Crippen molar-refractivity contribution in [3.05, 3.63) is 59.7 Å². The average molecular weight is 423 g/mol. The number of aryl methyl sites for hydroxylation is 1. The minimum absolute atomic E-state index is 0.00359. The maximum absolute atomic E-state index is 14.1. The molecule has 1 heterocycles. The van der Waals surface area contributed by atoms with Gasteiger partial charge in [-0.3, -0.25) is 4.79 Å². The van der Waals surface area contributed by atoms with Gasteiger partial charge in [0.25, 0.3) is 5.91 Å². The van der Waals surface area contributed by atoms with Crippen molar-refractivity contribution >= 4 is 38.6 Å². The van der Waals surface area contributed by atoms with Crippen molar-refractivity contribution in [3.8, 4) is 0 Å². The Balaban J connectivity index is 2.06. The molecule has 6 nitrogen and oxygen atoms in total. The average Bonchev–Trinajstić information content (AvgIpc) is 3.08. The molecule has 0 aliphatic rings. The van der Waals surface area contributed by atoms with Crippen LogP contribution in [-0.2, 0) is 9.53 Å². The lowest BCUT2D eigenvalue weighted by Crippen LogP contribution is -2.69. The molecular weight excluding hydrogens is 407 g/mol. The van der Waals surface area contributed by atoms with Crippen molar-refractivity contribution in [2.24, 2.45) is 0 Å². The molecule has 152 valence electrons. The Morgan fingerprint density at radius 3 is 2.34 bits per heavy atom. The summed E-state index contributed by atoms with van der Waals surface area (Å²) in [5, 5.41) is 3.66. The number of hydrogen-bond acceptors (Lipinski definition) is 6. The van der Waals surface area contributed by atoms with Crippen LogP contribution in [0.25, 0.3) is 10.2 Å². The molecule has 3 rings (SSSR count). The fraction of sp³-hybridized carbons (Fsp3) is 0.211. The lowest BCUT2D eigenvalue weighted by Gasteiger charge is -2.34. The normalized spacial score (nSPS) is 13.6. The Kier molecular flexibility index (Phi) is 5.47. The first-order chi connectivity index (χ1) is 13.7. The van der Waals surface area contributed by atoms with E-state index in [1.165, 1.54) is 12.1 Å². The van der Waals surface area contributed by atoms with Gasteiger partial charge in [-0.25, -0.2) is 9.78 Å². The van der Waals surface area contributed by atoms with Crippen LogP contribution in [0.4, 0.5) is 18.3 Å². The zero-order valence-corrected chi connectivity index (χ0v) is 16.1. The molecule has 0 bridgehead atoms. The molecule has 3 aromatic rings. The van der Waals surface area contributed by atoms with Crippen LogP contribution in [0.15, 0.2) is 48.5 Å². The van der Waals surface area contributed by atoms with Crippen LogP contribution in [0.1, 0.15) is 15.9 Å². The van der Waals surface area contributed by atoms with Crippen molar-refractivity contribution in [2.45, 2.75) is 18.8 Å². The Bertz CT molecular complexity index is 1030. The number of para-hydroxylation sites is 1. The summed E-state index contributed by atoms with van der Waals surface area (Å²) in [6.45, 7) is 1.57. The lowest BCUT2D eigenvalue weighted by atomic mass is 10.1. The second kappa shape index (κ2) is 7.70. The summed E-state index contributed by atoms with van der Waals surface area (Å²) in [5.74, 6) is -2.80. The van der Waals surface area contributed by atoms with E-state index in [9.17, 15) is 22.8 Å². The largest absolute Gasteiger partial charge is 0.466 e. The monoisotopic (exact) mass is 423 g/mol. The molecule has 2 aromatic carbocycles. The third kappa shape index (κ3) is 3.88. The number of esters is 1. The molecule has 0 saturated heterocycles. The summed E-state index contributed by atoms with van der Waals surface area (Å²) < 4.78 is 47.4. The number of anilines is 1. The van der Waals surface area contributed by atoms with Gasteiger partial charge in [-0.15, -0.1) is 0 Å². The van der Waals surface area contributed by atoms with Crippen LogP contribution < -0.4 is 10.6 Å². The third-order valence-electron chi connectivity index (χ3n) is 4.20. The number of benzene rings is 2. The molecule has 1 aromatic heterocycles. The SMILES string of the molecule is COC(=O)[C@@](NC(=O)c1ccccc1C)(Nc1nc2ccccc2s1)C(F)(F)F. The molecule has 0 spiro atoms. The van der Waals surface area contributed by atoms with Gasteiger partial charge in [0.1, 0.15) is 0 Å². The molecule has 1 amide bonds. The van der Waals surface area contributed by atoms with E-state index in [0.29, 0.717) is 15.8 Å². The smallest absolute Gasteiger partial charge is 0.442 e. The second-order valence-corrected chi connectivity index (χ2v) is 7.15. The number of fused-ring (bicyclic) bond motifs is 1. The van der Waals surface area contributed by atoms with E-state index < -0.39 is 23.7 Å². The summed E-state index contributed by atoms with van der Waals surface area (Å²) in [4.78, 5) is 29.0. The number of hydrogen-bond donors (Lipinski definition) is 2. The predicted molar refractivity (Wildman–Crippen MR) is 103 cm³/mol. The van der Waals surface area contributed by atoms with Gasteiger partial charge in [0.05, 0.1) is 17.3 Å². The van der Waals surface area contributed by atoms with E-state index in [0.717, 1.165) is 18.4 Å². The quantitative estimate of drug-likeness (QED) is 0.481. The Morgan fingerprint density at radius 1 is 1.07 bits per heavy atom. The van der Waals surface area contributed by atoms with E-state index in [1.54, 1.807) is 48.6 Å². The molecule has 1 atom stereocenters.